The molecule has 0 saturated carbocycles. The van der Waals surface area contributed by atoms with Crippen LogP contribution in [0.5, 0.6) is 5.75 Å². The molecule has 142 valence electrons. The van der Waals surface area contributed by atoms with Gasteiger partial charge >= 0.3 is 5.91 Å². The molecule has 7 N–H and O–H groups in total. The van der Waals surface area contributed by atoms with Crippen molar-refractivity contribution in [3.8, 4) is 5.75 Å². The first-order valence-corrected chi connectivity index (χ1v) is 8.32. The first kappa shape index (κ1) is 20.0. The summed E-state index contributed by atoms with van der Waals surface area (Å²) in [6, 6.07) is 7.68. The molecular formula is C17H20ClN7O2. The molecule has 1 aromatic carbocycles. The van der Waals surface area contributed by atoms with Crippen LogP contribution in [-0.4, -0.2) is 35.0 Å². The monoisotopic (exact) mass is 389 g/mol. The van der Waals surface area contributed by atoms with E-state index in [0.717, 1.165) is 11.3 Å². The highest BCUT2D eigenvalue weighted by molar-refractivity contribution is 6.32. The molecule has 0 aliphatic carbocycles. The first-order chi connectivity index (χ1) is 12.9. The lowest BCUT2D eigenvalue weighted by molar-refractivity contribution is 0.0998. The van der Waals surface area contributed by atoms with Crippen LogP contribution in [-0.2, 0) is 6.42 Å². The zero-order chi connectivity index (χ0) is 19.8. The van der Waals surface area contributed by atoms with Crippen LogP contribution in [0.15, 0.2) is 41.9 Å². The summed E-state index contributed by atoms with van der Waals surface area (Å²) in [5.41, 5.74) is 16.9. The number of anilines is 2. The van der Waals surface area contributed by atoms with Crippen molar-refractivity contribution in [2.24, 2.45) is 16.5 Å². The Morgan fingerprint density at radius 3 is 2.63 bits per heavy atom. The lowest BCUT2D eigenvalue weighted by atomic mass is 10.1. The zero-order valence-corrected chi connectivity index (χ0v) is 15.2. The summed E-state index contributed by atoms with van der Waals surface area (Å²) in [4.78, 5) is 23.1. The Morgan fingerprint density at radius 1 is 1.30 bits per heavy atom. The zero-order valence-electron chi connectivity index (χ0n) is 14.5. The molecule has 2 rings (SSSR count). The number of guanidine groups is 1. The standard InChI is InChI=1S/C17H20ClN7O2/c1-2-9-27-11-5-3-10(4-6-11)7-8-22-15-13(18)23-12(14(19)24-15)16(26)25-17(20)21/h2-6H,1,7-9H2,(H3,19,22,24)(H4,20,21,25,26). The number of carbonyl (C=O) groups excluding carboxylic acids is 1. The van der Waals surface area contributed by atoms with E-state index in [1.807, 2.05) is 24.3 Å². The van der Waals surface area contributed by atoms with Crippen molar-refractivity contribution in [3.05, 3.63) is 53.3 Å². The van der Waals surface area contributed by atoms with Crippen molar-refractivity contribution in [1.82, 2.24) is 9.97 Å². The third-order valence-electron chi connectivity index (χ3n) is 3.31. The summed E-state index contributed by atoms with van der Waals surface area (Å²) in [7, 11) is 0. The summed E-state index contributed by atoms with van der Waals surface area (Å²) >= 11 is 6.05. The third kappa shape index (κ3) is 5.86. The van der Waals surface area contributed by atoms with Crippen molar-refractivity contribution >= 4 is 35.1 Å². The summed E-state index contributed by atoms with van der Waals surface area (Å²) in [6.45, 7) is 4.59. The second kappa shape index (κ2) is 9.39. The van der Waals surface area contributed by atoms with E-state index in [2.05, 4.69) is 26.9 Å². The van der Waals surface area contributed by atoms with Gasteiger partial charge in [-0.05, 0) is 24.1 Å². The maximum Gasteiger partial charge on any atom is 0.302 e. The van der Waals surface area contributed by atoms with E-state index < -0.39 is 11.9 Å². The maximum atomic E-state index is 11.8. The number of nitrogen functional groups attached to an aromatic ring is 1. The molecule has 10 heteroatoms. The van der Waals surface area contributed by atoms with E-state index in [0.29, 0.717) is 19.6 Å². The van der Waals surface area contributed by atoms with Gasteiger partial charge in [0.1, 0.15) is 12.4 Å². The highest BCUT2D eigenvalue weighted by Gasteiger charge is 2.16. The van der Waals surface area contributed by atoms with Gasteiger partial charge in [-0.15, -0.1) is 0 Å². The third-order valence-corrected chi connectivity index (χ3v) is 3.57. The predicted octanol–water partition coefficient (Wildman–Crippen LogP) is 1.35. The largest absolute Gasteiger partial charge is 0.490 e. The Bertz CT molecular complexity index is 849. The summed E-state index contributed by atoms with van der Waals surface area (Å²) in [6.07, 6.45) is 2.39. The van der Waals surface area contributed by atoms with E-state index in [9.17, 15) is 4.79 Å². The number of ether oxygens (including phenoxy) is 1. The average molecular weight is 390 g/mol. The summed E-state index contributed by atoms with van der Waals surface area (Å²) < 4.78 is 5.43. The highest BCUT2D eigenvalue weighted by Crippen LogP contribution is 2.21. The second-order valence-corrected chi connectivity index (χ2v) is 5.72. The molecule has 0 radical (unpaired) electrons. The van der Waals surface area contributed by atoms with Crippen molar-refractivity contribution < 1.29 is 9.53 Å². The van der Waals surface area contributed by atoms with Crippen molar-refractivity contribution in [1.29, 1.82) is 0 Å². The number of hydrogen-bond acceptors (Lipinski definition) is 6. The number of aliphatic imine (C=N–C) groups is 1. The lowest BCUT2D eigenvalue weighted by Gasteiger charge is -2.10. The van der Waals surface area contributed by atoms with Crippen LogP contribution in [0.25, 0.3) is 0 Å². The van der Waals surface area contributed by atoms with E-state index in [4.69, 9.17) is 33.5 Å². The fraction of sp³-hybridized carbons (Fsp3) is 0.176. The van der Waals surface area contributed by atoms with Gasteiger partial charge in [-0.1, -0.05) is 36.4 Å². The van der Waals surface area contributed by atoms with Crippen LogP contribution < -0.4 is 27.3 Å². The van der Waals surface area contributed by atoms with E-state index >= 15 is 0 Å². The van der Waals surface area contributed by atoms with Gasteiger partial charge in [0.05, 0.1) is 0 Å². The van der Waals surface area contributed by atoms with E-state index in [1.165, 1.54) is 0 Å². The minimum atomic E-state index is -0.813. The van der Waals surface area contributed by atoms with Gasteiger partial charge in [-0.25, -0.2) is 9.97 Å². The first-order valence-electron chi connectivity index (χ1n) is 7.94. The molecule has 1 amide bonds. The molecule has 0 spiro atoms. The molecule has 0 atom stereocenters. The van der Waals surface area contributed by atoms with Gasteiger partial charge in [-0.3, -0.25) is 4.79 Å². The lowest BCUT2D eigenvalue weighted by Crippen LogP contribution is -2.25. The molecule has 0 bridgehead atoms. The predicted molar refractivity (Wildman–Crippen MR) is 106 cm³/mol. The van der Waals surface area contributed by atoms with Crippen molar-refractivity contribution in [3.63, 3.8) is 0 Å². The van der Waals surface area contributed by atoms with Crippen LogP contribution in [0.3, 0.4) is 0 Å². The van der Waals surface area contributed by atoms with Crippen LogP contribution in [0, 0.1) is 0 Å². The van der Waals surface area contributed by atoms with E-state index in [1.54, 1.807) is 6.08 Å². The highest BCUT2D eigenvalue weighted by atomic mass is 35.5. The fourth-order valence-electron chi connectivity index (χ4n) is 2.10. The number of nitrogens with one attached hydrogen (secondary N) is 1. The molecule has 9 nitrogen and oxygen atoms in total. The van der Waals surface area contributed by atoms with E-state index in [-0.39, 0.29) is 22.5 Å². The normalized spacial score (nSPS) is 10.1. The van der Waals surface area contributed by atoms with Gasteiger partial charge < -0.3 is 27.3 Å². The molecule has 0 saturated heterocycles. The van der Waals surface area contributed by atoms with Crippen molar-refractivity contribution in [2.45, 2.75) is 6.42 Å². The molecule has 0 fully saturated rings. The van der Waals surface area contributed by atoms with Crippen LogP contribution in [0.1, 0.15) is 16.1 Å². The SMILES string of the molecule is C=CCOc1ccc(CCNc2nc(N)c(C(=O)N=C(N)N)nc2Cl)cc1. The number of halogens is 1. The number of hydrogen-bond donors (Lipinski definition) is 4. The quantitative estimate of drug-likeness (QED) is 0.299. The molecule has 0 unspecified atom stereocenters. The minimum Gasteiger partial charge on any atom is -0.490 e. The Labute approximate surface area is 161 Å². The van der Waals surface area contributed by atoms with Crippen LogP contribution in [0.2, 0.25) is 5.15 Å². The maximum absolute atomic E-state index is 11.8. The van der Waals surface area contributed by atoms with Gasteiger partial charge in [0.25, 0.3) is 0 Å². The number of aromatic nitrogens is 2. The molecule has 27 heavy (non-hydrogen) atoms. The van der Waals surface area contributed by atoms with Crippen molar-refractivity contribution in [2.75, 3.05) is 24.2 Å². The number of carbonyl (C=O) groups is 1. The topological polar surface area (TPSA) is 155 Å². The molecule has 0 aliphatic heterocycles. The van der Waals surface area contributed by atoms with Gasteiger partial charge in [0.2, 0.25) is 0 Å². The molecule has 2 aromatic rings. The number of rotatable bonds is 8. The second-order valence-electron chi connectivity index (χ2n) is 5.36. The smallest absolute Gasteiger partial charge is 0.302 e. The summed E-state index contributed by atoms with van der Waals surface area (Å²) in [5, 5.41) is 3.02. The molecule has 1 heterocycles. The van der Waals surface area contributed by atoms with Crippen LogP contribution >= 0.6 is 11.6 Å². The fourth-order valence-corrected chi connectivity index (χ4v) is 2.29. The average Bonchev–Trinajstić information content (AvgIpc) is 2.63. The molecular weight excluding hydrogens is 370 g/mol. The van der Waals surface area contributed by atoms with Gasteiger partial charge in [0, 0.05) is 6.54 Å². The Balaban J connectivity index is 1.98. The Kier molecular flexibility index (Phi) is 6.95. The molecule has 0 aliphatic rings. The van der Waals surface area contributed by atoms with Gasteiger partial charge in [-0.2, -0.15) is 4.99 Å². The minimum absolute atomic E-state index is 0.00786. The number of nitrogens with two attached hydrogens (primary N) is 3. The van der Waals surface area contributed by atoms with Gasteiger partial charge in [0.15, 0.2) is 28.4 Å². The number of benzene rings is 1. The number of amides is 1. The Morgan fingerprint density at radius 2 is 2.00 bits per heavy atom. The number of nitrogens with zero attached hydrogens (tertiary/aromatic N) is 3. The summed E-state index contributed by atoms with van der Waals surface area (Å²) in [5.74, 6) is -0.302. The van der Waals surface area contributed by atoms with Crippen LogP contribution in [0.4, 0.5) is 11.6 Å². The Hall–Kier alpha value is -3.33. The molecule has 1 aromatic heterocycles.